The monoisotopic (exact) mass is 432 g/mol. The third kappa shape index (κ3) is 4.15. The lowest BCUT2D eigenvalue weighted by Crippen LogP contribution is -2.29. The summed E-state index contributed by atoms with van der Waals surface area (Å²) in [5.41, 5.74) is 2.69. The lowest BCUT2D eigenvalue weighted by molar-refractivity contribution is -0.135. The van der Waals surface area contributed by atoms with E-state index >= 15 is 0 Å². The number of hydrogen-bond acceptors (Lipinski definition) is 2. The summed E-state index contributed by atoms with van der Waals surface area (Å²) >= 11 is 9.30. The molecular weight excluding hydrogens is 420 g/mol. The minimum absolute atomic E-state index is 0.402. The number of amides is 1. The molecule has 3 N–H and O–H groups in total. The Morgan fingerprint density at radius 3 is 2.58 bits per heavy atom. The molecule has 26 heavy (non-hydrogen) atoms. The molecule has 0 atom stereocenters. The quantitative estimate of drug-likeness (QED) is 0.551. The minimum atomic E-state index is -1.10. The molecule has 0 fully saturated rings. The number of carboxylic acid groups (broad SMARTS) is 1. The van der Waals surface area contributed by atoms with E-state index in [2.05, 4.69) is 26.2 Å². The molecule has 7 heteroatoms. The van der Waals surface area contributed by atoms with Crippen LogP contribution in [0.15, 0.2) is 46.9 Å². The Hall–Kier alpha value is -2.57. The van der Waals surface area contributed by atoms with Crippen LogP contribution < -0.4 is 5.32 Å². The van der Waals surface area contributed by atoms with E-state index in [0.29, 0.717) is 21.7 Å². The zero-order valence-corrected chi connectivity index (χ0v) is 15.8. The van der Waals surface area contributed by atoms with Gasteiger partial charge in [-0.3, -0.25) is 9.59 Å². The molecule has 0 radical (unpaired) electrons. The van der Waals surface area contributed by atoms with Crippen LogP contribution in [0.25, 0.3) is 23.1 Å². The maximum atomic E-state index is 12.5. The molecule has 0 aliphatic rings. The summed E-state index contributed by atoms with van der Waals surface area (Å²) in [6, 6.07) is 12.8. The van der Waals surface area contributed by atoms with E-state index in [1.54, 1.807) is 18.2 Å². The lowest BCUT2D eigenvalue weighted by Gasteiger charge is -2.03. The van der Waals surface area contributed by atoms with Crippen molar-refractivity contribution < 1.29 is 14.7 Å². The second-order valence-corrected chi connectivity index (χ2v) is 6.92. The fourth-order valence-corrected chi connectivity index (χ4v) is 3.04. The average Bonchev–Trinajstić information content (AvgIpc) is 2.96. The lowest BCUT2D eigenvalue weighted by atomic mass is 10.1. The Morgan fingerprint density at radius 1 is 1.15 bits per heavy atom. The summed E-state index contributed by atoms with van der Waals surface area (Å²) in [6.45, 7) is -0.442. The Balaban J connectivity index is 2.02. The highest BCUT2D eigenvalue weighted by molar-refractivity contribution is 9.10. The Morgan fingerprint density at radius 2 is 1.88 bits per heavy atom. The summed E-state index contributed by atoms with van der Waals surface area (Å²) in [5.74, 6) is -1.55. The molecule has 3 aromatic rings. The highest BCUT2D eigenvalue weighted by Gasteiger charge is 2.17. The summed E-state index contributed by atoms with van der Waals surface area (Å²) in [7, 11) is 0. The predicted octanol–water partition coefficient (Wildman–Crippen LogP) is 4.57. The molecule has 1 amide bonds. The molecule has 3 rings (SSSR count). The van der Waals surface area contributed by atoms with Crippen molar-refractivity contribution in [1.82, 2.24) is 10.3 Å². The predicted molar refractivity (Wildman–Crippen MR) is 106 cm³/mol. The largest absolute Gasteiger partial charge is 0.480 e. The van der Waals surface area contributed by atoms with Crippen LogP contribution in [0.5, 0.6) is 0 Å². The van der Waals surface area contributed by atoms with Crippen LogP contribution in [-0.4, -0.2) is 28.5 Å². The minimum Gasteiger partial charge on any atom is -0.480 e. The second-order valence-electron chi connectivity index (χ2n) is 5.56. The first-order chi connectivity index (χ1) is 12.4. The highest BCUT2D eigenvalue weighted by atomic mass is 79.9. The average molecular weight is 434 g/mol. The van der Waals surface area contributed by atoms with Gasteiger partial charge in [-0.2, -0.15) is 0 Å². The van der Waals surface area contributed by atoms with Crippen molar-refractivity contribution in [2.75, 3.05) is 6.54 Å². The van der Waals surface area contributed by atoms with Crippen LogP contribution in [0.4, 0.5) is 0 Å². The Bertz CT molecular complexity index is 1010. The van der Waals surface area contributed by atoms with Gasteiger partial charge < -0.3 is 15.4 Å². The van der Waals surface area contributed by atoms with Crippen LogP contribution in [0.3, 0.4) is 0 Å². The van der Waals surface area contributed by atoms with Crippen LogP contribution in [0.2, 0.25) is 5.02 Å². The second kappa shape index (κ2) is 7.76. The van der Waals surface area contributed by atoms with Gasteiger partial charge in [0.2, 0.25) is 0 Å². The number of carbonyl (C=O) groups excluding carboxylic acids is 1. The zero-order chi connectivity index (χ0) is 18.7. The maximum Gasteiger partial charge on any atom is 0.322 e. The van der Waals surface area contributed by atoms with Gasteiger partial charge >= 0.3 is 5.97 Å². The van der Waals surface area contributed by atoms with Crippen LogP contribution >= 0.6 is 27.5 Å². The summed E-state index contributed by atoms with van der Waals surface area (Å²) in [4.78, 5) is 26.5. The molecule has 0 saturated carbocycles. The molecule has 132 valence electrons. The van der Waals surface area contributed by atoms with Crippen molar-refractivity contribution in [3.05, 3.63) is 68.8 Å². The molecule has 0 saturated heterocycles. The molecule has 0 bridgehead atoms. The fraction of sp³-hybridized carbons (Fsp3) is 0.0526. The Kier molecular flexibility index (Phi) is 5.44. The van der Waals surface area contributed by atoms with E-state index in [-0.39, 0.29) is 0 Å². The molecule has 1 aromatic heterocycles. The number of rotatable bonds is 5. The van der Waals surface area contributed by atoms with Gasteiger partial charge in [0, 0.05) is 20.4 Å². The van der Waals surface area contributed by atoms with Gasteiger partial charge in [0.1, 0.15) is 6.54 Å². The number of hydrogen-bond donors (Lipinski definition) is 3. The van der Waals surface area contributed by atoms with Crippen molar-refractivity contribution >= 4 is 62.5 Å². The van der Waals surface area contributed by atoms with Crippen LogP contribution in [-0.2, 0) is 4.79 Å². The molecule has 1 heterocycles. The van der Waals surface area contributed by atoms with Gasteiger partial charge in [0.25, 0.3) is 5.91 Å². The molecule has 0 spiro atoms. The van der Waals surface area contributed by atoms with E-state index in [9.17, 15) is 9.59 Å². The van der Waals surface area contributed by atoms with E-state index < -0.39 is 18.4 Å². The van der Waals surface area contributed by atoms with E-state index in [1.807, 2.05) is 36.4 Å². The zero-order valence-electron chi connectivity index (χ0n) is 13.4. The normalized spacial score (nSPS) is 11.2. The molecular formula is C19H14BrClN2O3. The number of carbonyl (C=O) groups is 2. The number of aromatic amines is 1. The van der Waals surface area contributed by atoms with Crippen molar-refractivity contribution in [2.24, 2.45) is 0 Å². The number of fused-ring (bicyclic) bond motifs is 1. The number of aromatic nitrogens is 1. The fourth-order valence-electron chi connectivity index (χ4n) is 2.56. The highest BCUT2D eigenvalue weighted by Crippen LogP contribution is 2.27. The van der Waals surface area contributed by atoms with Gasteiger partial charge in [-0.1, -0.05) is 51.8 Å². The number of halogens is 2. The number of carboxylic acids is 1. The van der Waals surface area contributed by atoms with Crippen LogP contribution in [0.1, 0.15) is 21.6 Å². The Labute approximate surface area is 162 Å². The van der Waals surface area contributed by atoms with Crippen molar-refractivity contribution in [2.45, 2.75) is 0 Å². The van der Waals surface area contributed by atoms with Gasteiger partial charge in [-0.15, -0.1) is 0 Å². The summed E-state index contributed by atoms with van der Waals surface area (Å²) in [6.07, 6.45) is 3.64. The van der Waals surface area contributed by atoms with Crippen molar-refractivity contribution in [1.29, 1.82) is 0 Å². The summed E-state index contributed by atoms with van der Waals surface area (Å²) in [5, 5.41) is 12.6. The number of nitrogens with one attached hydrogen (secondary N) is 2. The maximum absolute atomic E-state index is 12.5. The topological polar surface area (TPSA) is 82.2 Å². The van der Waals surface area contributed by atoms with Gasteiger partial charge in [-0.25, -0.2) is 0 Å². The van der Waals surface area contributed by atoms with Gasteiger partial charge in [-0.05, 0) is 35.9 Å². The van der Waals surface area contributed by atoms with Crippen molar-refractivity contribution in [3.8, 4) is 0 Å². The van der Waals surface area contributed by atoms with E-state index in [4.69, 9.17) is 16.7 Å². The first-order valence-corrected chi connectivity index (χ1v) is 8.86. The van der Waals surface area contributed by atoms with Crippen molar-refractivity contribution in [3.63, 3.8) is 0 Å². The SMILES string of the molecule is O=C(O)CNC(=O)c1c(/C=C/c2ccc(Cl)cc2)[nH]c2cc(Br)ccc12. The first-order valence-electron chi connectivity index (χ1n) is 7.69. The van der Waals surface area contributed by atoms with Crippen LogP contribution in [0, 0.1) is 0 Å². The molecule has 0 aliphatic carbocycles. The molecule has 5 nitrogen and oxygen atoms in total. The molecule has 2 aromatic carbocycles. The van der Waals surface area contributed by atoms with E-state index in [1.165, 1.54) is 0 Å². The van der Waals surface area contributed by atoms with E-state index in [0.717, 1.165) is 15.6 Å². The van der Waals surface area contributed by atoms with Gasteiger partial charge in [0.15, 0.2) is 0 Å². The first kappa shape index (κ1) is 18.2. The smallest absolute Gasteiger partial charge is 0.322 e. The third-order valence-corrected chi connectivity index (χ3v) is 4.47. The summed E-state index contributed by atoms with van der Waals surface area (Å²) < 4.78 is 0.872. The third-order valence-electron chi connectivity index (χ3n) is 3.73. The molecule has 0 aliphatic heterocycles. The van der Waals surface area contributed by atoms with Gasteiger partial charge in [0.05, 0.1) is 11.3 Å². The number of benzene rings is 2. The number of aliphatic carboxylic acids is 1. The number of H-pyrrole nitrogens is 1. The molecule has 0 unspecified atom stereocenters. The standard InChI is InChI=1S/C19H14BrClN2O3/c20-12-4-7-14-16(9-12)23-15(18(14)19(26)22-10-17(24)25)8-3-11-1-5-13(21)6-2-11/h1-9,23H,10H2,(H,22,26)(H,24,25)/b8-3+.